The second kappa shape index (κ2) is 8.88. The molecule has 2 amide bonds. The van der Waals surface area contributed by atoms with Crippen LogP contribution in [0.1, 0.15) is 64.4 Å². The minimum atomic E-state index is -0.522. The molecule has 9 heteroatoms. The van der Waals surface area contributed by atoms with Gasteiger partial charge in [-0.15, -0.1) is 0 Å². The number of esters is 1. The normalized spacial score (nSPS) is 18.5. The molecule has 2 saturated heterocycles. The first-order chi connectivity index (χ1) is 14.5. The highest BCUT2D eigenvalue weighted by molar-refractivity contribution is 5.88. The number of carbonyl (C=O) groups excluding carboxylic acids is 3. The van der Waals surface area contributed by atoms with Crippen LogP contribution in [0.4, 0.5) is 9.59 Å². The van der Waals surface area contributed by atoms with Crippen molar-refractivity contribution < 1.29 is 23.9 Å². The van der Waals surface area contributed by atoms with Crippen LogP contribution in [0.25, 0.3) is 0 Å². The Kier molecular flexibility index (Phi) is 6.62. The molecule has 2 fully saturated rings. The van der Waals surface area contributed by atoms with Gasteiger partial charge < -0.3 is 19.3 Å². The van der Waals surface area contributed by atoms with Gasteiger partial charge in [0.05, 0.1) is 6.61 Å². The first-order valence-corrected chi connectivity index (χ1v) is 11.0. The number of hydrogen-bond donors (Lipinski definition) is 0. The zero-order valence-corrected chi connectivity index (χ0v) is 19.2. The molecule has 3 rings (SSSR count). The molecule has 0 atom stereocenters. The summed E-state index contributed by atoms with van der Waals surface area (Å²) in [5.74, 6) is -0.291. The molecule has 3 heterocycles. The highest BCUT2D eigenvalue weighted by Crippen LogP contribution is 2.40. The van der Waals surface area contributed by atoms with Crippen LogP contribution in [0.3, 0.4) is 0 Å². The van der Waals surface area contributed by atoms with E-state index >= 15 is 0 Å². The van der Waals surface area contributed by atoms with E-state index in [4.69, 9.17) is 9.47 Å². The van der Waals surface area contributed by atoms with Gasteiger partial charge in [0, 0.05) is 32.4 Å². The lowest BCUT2D eigenvalue weighted by Gasteiger charge is -2.39. The average Bonchev–Trinajstić information content (AvgIpc) is 3.33. The molecule has 0 unspecified atom stereocenters. The number of piperidine rings is 1. The highest BCUT2D eigenvalue weighted by Gasteiger charge is 2.44. The summed E-state index contributed by atoms with van der Waals surface area (Å²) in [7, 11) is 0. The van der Waals surface area contributed by atoms with Crippen molar-refractivity contribution in [1.29, 1.82) is 0 Å². The van der Waals surface area contributed by atoms with Crippen molar-refractivity contribution >= 4 is 18.1 Å². The standard InChI is InChI=1S/C22H34N4O5/c1-16(2)14-30-18(27)17-6-10-26(23-17)19(28)24-11-7-22(8-12-24)9-13-25(15-22)20(29)31-21(3,4)5/h6,10,16H,7-9,11-15H2,1-5H3. The van der Waals surface area contributed by atoms with Crippen LogP contribution in [0.2, 0.25) is 0 Å². The van der Waals surface area contributed by atoms with Gasteiger partial charge in [0.25, 0.3) is 0 Å². The summed E-state index contributed by atoms with van der Waals surface area (Å²) in [5.41, 5.74) is -0.345. The van der Waals surface area contributed by atoms with Crippen molar-refractivity contribution in [2.45, 2.75) is 59.5 Å². The number of ether oxygens (including phenoxy) is 2. The molecule has 0 N–H and O–H groups in total. The fraction of sp³-hybridized carbons (Fsp3) is 0.727. The van der Waals surface area contributed by atoms with Gasteiger partial charge in [-0.25, -0.2) is 14.4 Å². The molecular formula is C22H34N4O5. The van der Waals surface area contributed by atoms with Gasteiger partial charge in [0.2, 0.25) is 0 Å². The maximum absolute atomic E-state index is 12.8. The zero-order chi connectivity index (χ0) is 22.8. The van der Waals surface area contributed by atoms with Gasteiger partial charge in [-0.05, 0) is 57.4 Å². The highest BCUT2D eigenvalue weighted by atomic mass is 16.6. The van der Waals surface area contributed by atoms with E-state index < -0.39 is 11.6 Å². The topological polar surface area (TPSA) is 94.0 Å². The van der Waals surface area contributed by atoms with E-state index in [1.165, 1.54) is 16.9 Å². The van der Waals surface area contributed by atoms with Crippen molar-refractivity contribution in [3.8, 4) is 0 Å². The molecule has 1 spiro atoms. The van der Waals surface area contributed by atoms with E-state index in [-0.39, 0.29) is 29.2 Å². The second-order valence-electron chi connectivity index (χ2n) is 10.1. The smallest absolute Gasteiger partial charge is 0.410 e. The maximum atomic E-state index is 12.8. The Balaban J connectivity index is 1.53. The Hall–Kier alpha value is -2.58. The number of likely N-dealkylation sites (tertiary alicyclic amines) is 2. The molecule has 2 aliphatic rings. The van der Waals surface area contributed by atoms with Crippen LogP contribution < -0.4 is 0 Å². The van der Waals surface area contributed by atoms with Crippen LogP contribution in [-0.4, -0.2) is 76.1 Å². The van der Waals surface area contributed by atoms with Gasteiger partial charge in [0.1, 0.15) is 5.60 Å². The average molecular weight is 435 g/mol. The predicted octanol–water partition coefficient (Wildman–Crippen LogP) is 3.39. The first-order valence-electron chi connectivity index (χ1n) is 11.0. The molecule has 9 nitrogen and oxygen atoms in total. The number of amides is 2. The van der Waals surface area contributed by atoms with E-state index in [0.29, 0.717) is 32.8 Å². The zero-order valence-electron chi connectivity index (χ0n) is 19.2. The molecular weight excluding hydrogens is 400 g/mol. The Labute approximate surface area is 183 Å². The number of rotatable bonds is 3. The first kappa shape index (κ1) is 23.1. The fourth-order valence-corrected chi connectivity index (χ4v) is 4.00. The van der Waals surface area contributed by atoms with Crippen LogP contribution in [0.15, 0.2) is 12.3 Å². The third-order valence-electron chi connectivity index (χ3n) is 5.73. The van der Waals surface area contributed by atoms with E-state index in [1.54, 1.807) is 9.80 Å². The Bertz CT molecular complexity index is 818. The van der Waals surface area contributed by atoms with Gasteiger partial charge in [-0.1, -0.05) is 13.8 Å². The Morgan fingerprint density at radius 1 is 1.10 bits per heavy atom. The van der Waals surface area contributed by atoms with Crippen LogP contribution in [-0.2, 0) is 9.47 Å². The molecule has 0 radical (unpaired) electrons. The minimum Gasteiger partial charge on any atom is -0.461 e. The lowest BCUT2D eigenvalue weighted by atomic mass is 9.78. The summed E-state index contributed by atoms with van der Waals surface area (Å²) in [4.78, 5) is 40.8. The minimum absolute atomic E-state index is 0.0314. The maximum Gasteiger partial charge on any atom is 0.410 e. The molecule has 0 aliphatic carbocycles. The van der Waals surface area contributed by atoms with E-state index in [9.17, 15) is 14.4 Å². The number of nitrogens with zero attached hydrogens (tertiary/aromatic N) is 4. The summed E-state index contributed by atoms with van der Waals surface area (Å²) in [6.07, 6.45) is 3.79. The Morgan fingerprint density at radius 2 is 1.71 bits per heavy atom. The van der Waals surface area contributed by atoms with Crippen molar-refractivity contribution in [3.05, 3.63) is 18.0 Å². The molecule has 1 aromatic heterocycles. The lowest BCUT2D eigenvalue weighted by Crippen LogP contribution is -2.46. The van der Waals surface area contributed by atoms with Crippen molar-refractivity contribution in [2.75, 3.05) is 32.8 Å². The molecule has 172 valence electrons. The molecule has 0 aromatic carbocycles. The van der Waals surface area contributed by atoms with E-state index in [0.717, 1.165) is 19.3 Å². The van der Waals surface area contributed by atoms with Crippen molar-refractivity contribution in [3.63, 3.8) is 0 Å². The molecule has 0 saturated carbocycles. The monoisotopic (exact) mass is 434 g/mol. The largest absolute Gasteiger partial charge is 0.461 e. The van der Waals surface area contributed by atoms with Gasteiger partial charge in [-0.2, -0.15) is 9.78 Å². The number of hydrogen-bond acceptors (Lipinski definition) is 6. The number of aromatic nitrogens is 2. The summed E-state index contributed by atoms with van der Waals surface area (Å²) in [6, 6.07) is 1.25. The van der Waals surface area contributed by atoms with Crippen LogP contribution in [0, 0.1) is 11.3 Å². The van der Waals surface area contributed by atoms with Gasteiger partial charge >= 0.3 is 18.1 Å². The molecule has 1 aromatic rings. The summed E-state index contributed by atoms with van der Waals surface area (Å²) in [5, 5.41) is 4.10. The van der Waals surface area contributed by atoms with Crippen LogP contribution in [0.5, 0.6) is 0 Å². The van der Waals surface area contributed by atoms with Gasteiger partial charge in [0.15, 0.2) is 5.69 Å². The van der Waals surface area contributed by atoms with Crippen LogP contribution >= 0.6 is 0 Å². The predicted molar refractivity (Wildman–Crippen MR) is 114 cm³/mol. The van der Waals surface area contributed by atoms with Crippen molar-refractivity contribution in [1.82, 2.24) is 19.6 Å². The third-order valence-corrected chi connectivity index (χ3v) is 5.73. The second-order valence-corrected chi connectivity index (χ2v) is 10.1. The quantitative estimate of drug-likeness (QED) is 0.677. The molecule has 2 aliphatic heterocycles. The van der Waals surface area contributed by atoms with E-state index in [1.807, 2.05) is 34.6 Å². The Morgan fingerprint density at radius 3 is 2.29 bits per heavy atom. The third kappa shape index (κ3) is 5.77. The van der Waals surface area contributed by atoms with Gasteiger partial charge in [-0.3, -0.25) is 0 Å². The van der Waals surface area contributed by atoms with E-state index in [2.05, 4.69) is 5.10 Å². The molecule has 0 bridgehead atoms. The SMILES string of the molecule is CC(C)COC(=O)c1ccn(C(=O)N2CCC3(CCN(C(=O)OC(C)(C)C)C3)CC2)n1. The summed E-state index contributed by atoms with van der Waals surface area (Å²) >= 11 is 0. The molecule has 31 heavy (non-hydrogen) atoms. The number of carbonyl (C=O) groups is 3. The lowest BCUT2D eigenvalue weighted by molar-refractivity contribution is 0.0252. The van der Waals surface area contributed by atoms with Crippen molar-refractivity contribution in [2.24, 2.45) is 11.3 Å². The summed E-state index contributed by atoms with van der Waals surface area (Å²) < 4.78 is 11.9. The summed E-state index contributed by atoms with van der Waals surface area (Å²) in [6.45, 7) is 12.4. The fourth-order valence-electron chi connectivity index (χ4n) is 4.00.